The summed E-state index contributed by atoms with van der Waals surface area (Å²) in [6, 6.07) is 4.05. The molecule has 0 bridgehead atoms. The van der Waals surface area contributed by atoms with E-state index in [-0.39, 0.29) is 0 Å². The molecule has 0 aliphatic heterocycles. The first-order valence-electron chi connectivity index (χ1n) is 4.07. The zero-order valence-corrected chi connectivity index (χ0v) is 7.77. The smallest absolute Gasteiger partial charge is 0.203 e. The zero-order valence-electron chi connectivity index (χ0n) is 7.77. The molecule has 0 atom stereocenters. The molecule has 1 aromatic carbocycles. The summed E-state index contributed by atoms with van der Waals surface area (Å²) in [5.41, 5.74) is 4.87. The number of hydrogen-bond acceptors (Lipinski definition) is 1. The first-order chi connectivity index (χ1) is 5.66. The molecular weight excluding hydrogens is 148 g/mol. The van der Waals surface area contributed by atoms with Crippen LogP contribution in [0.15, 0.2) is 12.1 Å². The van der Waals surface area contributed by atoms with Crippen LogP contribution < -0.4 is 0 Å². The predicted molar refractivity (Wildman–Crippen MR) is 50.1 cm³/mol. The molecule has 0 aliphatic rings. The van der Waals surface area contributed by atoms with E-state index in [9.17, 15) is 4.79 Å². The molecule has 0 saturated carbocycles. The highest BCUT2D eigenvalue weighted by Gasteiger charge is 2.02. The van der Waals surface area contributed by atoms with Gasteiger partial charge in [0, 0.05) is 6.42 Å². The molecule has 0 spiro atoms. The Morgan fingerprint density at radius 2 is 1.83 bits per heavy atom. The van der Waals surface area contributed by atoms with Crippen LogP contribution >= 0.6 is 0 Å². The Morgan fingerprint density at radius 1 is 1.17 bits per heavy atom. The van der Waals surface area contributed by atoms with Crippen molar-refractivity contribution in [3.05, 3.63) is 34.4 Å². The second-order valence-electron chi connectivity index (χ2n) is 3.11. The summed E-state index contributed by atoms with van der Waals surface area (Å²) < 4.78 is 0. The minimum Gasteiger partial charge on any atom is -0.291 e. The SMILES string of the molecule is Cc1ccc(C[C]=O)c(C)c1C. The van der Waals surface area contributed by atoms with Crippen LogP contribution in [-0.2, 0) is 11.2 Å². The van der Waals surface area contributed by atoms with Gasteiger partial charge in [0.15, 0.2) is 0 Å². The van der Waals surface area contributed by atoms with Crippen molar-refractivity contribution in [3.63, 3.8) is 0 Å². The second kappa shape index (κ2) is 3.53. The Labute approximate surface area is 73.4 Å². The number of rotatable bonds is 2. The summed E-state index contributed by atoms with van der Waals surface area (Å²) in [5.74, 6) is 0. The van der Waals surface area contributed by atoms with E-state index < -0.39 is 0 Å². The fourth-order valence-corrected chi connectivity index (χ4v) is 1.28. The molecule has 1 nitrogen and oxygen atoms in total. The molecule has 0 amide bonds. The lowest BCUT2D eigenvalue weighted by Gasteiger charge is -2.07. The molecule has 1 rings (SSSR count). The van der Waals surface area contributed by atoms with Crippen molar-refractivity contribution in [1.82, 2.24) is 0 Å². The van der Waals surface area contributed by atoms with Gasteiger partial charge >= 0.3 is 0 Å². The van der Waals surface area contributed by atoms with E-state index in [1.54, 1.807) is 0 Å². The molecule has 0 fully saturated rings. The van der Waals surface area contributed by atoms with Crippen LogP contribution in [0.4, 0.5) is 0 Å². The van der Waals surface area contributed by atoms with Crippen molar-refractivity contribution in [1.29, 1.82) is 0 Å². The average Bonchev–Trinajstić information content (AvgIpc) is 2.07. The van der Waals surface area contributed by atoms with Crippen LogP contribution in [0, 0.1) is 20.8 Å². The summed E-state index contributed by atoms with van der Waals surface area (Å²) in [4.78, 5) is 10.2. The number of carbonyl (C=O) groups excluding carboxylic acids is 1. The zero-order chi connectivity index (χ0) is 9.14. The molecule has 0 heterocycles. The van der Waals surface area contributed by atoms with Gasteiger partial charge in [-0.3, -0.25) is 4.79 Å². The van der Waals surface area contributed by atoms with E-state index in [1.165, 1.54) is 16.7 Å². The van der Waals surface area contributed by atoms with E-state index >= 15 is 0 Å². The molecule has 63 valence electrons. The van der Waals surface area contributed by atoms with Crippen molar-refractivity contribution < 1.29 is 4.79 Å². The monoisotopic (exact) mass is 161 g/mol. The number of aryl methyl sites for hydroxylation is 1. The molecule has 0 unspecified atom stereocenters. The van der Waals surface area contributed by atoms with Crippen molar-refractivity contribution in [2.45, 2.75) is 27.2 Å². The lowest BCUT2D eigenvalue weighted by molar-refractivity contribution is 0.555. The van der Waals surface area contributed by atoms with Gasteiger partial charge in [0.05, 0.1) is 0 Å². The van der Waals surface area contributed by atoms with E-state index in [0.29, 0.717) is 6.42 Å². The third-order valence-corrected chi connectivity index (χ3v) is 2.43. The highest BCUT2D eigenvalue weighted by molar-refractivity contribution is 5.58. The second-order valence-corrected chi connectivity index (χ2v) is 3.11. The van der Waals surface area contributed by atoms with Gasteiger partial charge in [0.2, 0.25) is 6.29 Å². The Hall–Kier alpha value is -1.11. The molecule has 0 saturated heterocycles. The normalized spacial score (nSPS) is 9.92. The molecule has 1 radical (unpaired) electrons. The maximum Gasteiger partial charge on any atom is 0.203 e. The third kappa shape index (κ3) is 1.55. The standard InChI is InChI=1S/C11H13O/c1-8-4-5-11(6-7-12)10(3)9(8)2/h4-5H,6H2,1-3H3. The fourth-order valence-electron chi connectivity index (χ4n) is 1.28. The Balaban J connectivity index is 3.16. The molecular formula is C11H13O. The average molecular weight is 161 g/mol. The summed E-state index contributed by atoms with van der Waals surface area (Å²) in [6.45, 7) is 6.21. The molecule has 1 aromatic rings. The van der Waals surface area contributed by atoms with E-state index in [4.69, 9.17) is 0 Å². The van der Waals surface area contributed by atoms with Gasteiger partial charge in [-0.15, -0.1) is 0 Å². The molecule has 12 heavy (non-hydrogen) atoms. The van der Waals surface area contributed by atoms with Crippen LogP contribution in [0.25, 0.3) is 0 Å². The van der Waals surface area contributed by atoms with Gasteiger partial charge in [-0.2, -0.15) is 0 Å². The predicted octanol–water partition coefficient (Wildman–Crippen LogP) is 2.26. The number of hydrogen-bond donors (Lipinski definition) is 0. The fraction of sp³-hybridized carbons (Fsp3) is 0.364. The maximum atomic E-state index is 10.2. The van der Waals surface area contributed by atoms with Crippen LogP contribution in [-0.4, -0.2) is 6.29 Å². The first-order valence-corrected chi connectivity index (χ1v) is 4.07. The van der Waals surface area contributed by atoms with Crippen molar-refractivity contribution in [2.75, 3.05) is 0 Å². The molecule has 0 aromatic heterocycles. The van der Waals surface area contributed by atoms with E-state index in [2.05, 4.69) is 26.8 Å². The van der Waals surface area contributed by atoms with Crippen molar-refractivity contribution >= 4 is 6.29 Å². The first kappa shape index (κ1) is 8.98. The summed E-state index contributed by atoms with van der Waals surface area (Å²) in [7, 11) is 0. The van der Waals surface area contributed by atoms with Gasteiger partial charge in [0.1, 0.15) is 0 Å². The molecule has 1 heteroatoms. The largest absolute Gasteiger partial charge is 0.291 e. The van der Waals surface area contributed by atoms with Crippen LogP contribution in [0.3, 0.4) is 0 Å². The van der Waals surface area contributed by atoms with Gasteiger partial charge in [-0.05, 0) is 43.0 Å². The molecule has 0 aliphatic carbocycles. The third-order valence-electron chi connectivity index (χ3n) is 2.43. The van der Waals surface area contributed by atoms with E-state index in [1.807, 2.05) is 12.4 Å². The molecule has 0 N–H and O–H groups in total. The Kier molecular flexibility index (Phi) is 2.64. The Morgan fingerprint density at radius 3 is 2.42 bits per heavy atom. The van der Waals surface area contributed by atoms with Crippen molar-refractivity contribution in [3.8, 4) is 0 Å². The minimum atomic E-state index is 0.410. The summed E-state index contributed by atoms with van der Waals surface area (Å²) in [5, 5.41) is 0. The quantitative estimate of drug-likeness (QED) is 0.650. The lowest BCUT2D eigenvalue weighted by Crippen LogP contribution is -1.95. The minimum absolute atomic E-state index is 0.410. The van der Waals surface area contributed by atoms with Gasteiger partial charge < -0.3 is 0 Å². The summed E-state index contributed by atoms with van der Waals surface area (Å²) >= 11 is 0. The van der Waals surface area contributed by atoms with Gasteiger partial charge in [0.25, 0.3) is 0 Å². The van der Waals surface area contributed by atoms with Crippen molar-refractivity contribution in [2.24, 2.45) is 0 Å². The summed E-state index contributed by atoms with van der Waals surface area (Å²) in [6.07, 6.45) is 2.33. The van der Waals surface area contributed by atoms with Gasteiger partial charge in [-0.1, -0.05) is 12.1 Å². The highest BCUT2D eigenvalue weighted by atomic mass is 16.1. The highest BCUT2D eigenvalue weighted by Crippen LogP contribution is 2.16. The van der Waals surface area contributed by atoms with Crippen LogP contribution in [0.5, 0.6) is 0 Å². The van der Waals surface area contributed by atoms with Crippen LogP contribution in [0.2, 0.25) is 0 Å². The van der Waals surface area contributed by atoms with Crippen LogP contribution in [0.1, 0.15) is 22.3 Å². The van der Waals surface area contributed by atoms with Gasteiger partial charge in [-0.25, -0.2) is 0 Å². The lowest BCUT2D eigenvalue weighted by atomic mass is 9.97. The Bertz CT molecular complexity index is 300. The maximum absolute atomic E-state index is 10.2. The van der Waals surface area contributed by atoms with E-state index in [0.717, 1.165) is 5.56 Å². The number of benzene rings is 1. The topological polar surface area (TPSA) is 17.1 Å².